The Bertz CT molecular complexity index is 1470. The van der Waals surface area contributed by atoms with Crippen molar-refractivity contribution in [2.24, 2.45) is 5.10 Å². The van der Waals surface area contributed by atoms with E-state index in [1.54, 1.807) is 17.6 Å². The molecule has 0 spiro atoms. The lowest BCUT2D eigenvalue weighted by atomic mass is 10.1. The topological polar surface area (TPSA) is 81.0 Å². The average Bonchev–Trinajstić information content (AvgIpc) is 3.67. The first-order valence-corrected chi connectivity index (χ1v) is 13.6. The van der Waals surface area contributed by atoms with Crippen molar-refractivity contribution in [2.45, 2.75) is 39.3 Å². The number of ether oxygens (including phenoxy) is 2. The molecule has 1 saturated heterocycles. The van der Waals surface area contributed by atoms with Gasteiger partial charge in [0.05, 0.1) is 17.5 Å². The molecule has 0 bridgehead atoms. The molecule has 2 aromatic carbocycles. The number of thiazole rings is 1. The summed E-state index contributed by atoms with van der Waals surface area (Å²) < 4.78 is 12.8. The van der Waals surface area contributed by atoms with Crippen LogP contribution in [0.3, 0.4) is 0 Å². The van der Waals surface area contributed by atoms with Crippen molar-refractivity contribution in [1.82, 2.24) is 19.9 Å². The third kappa shape index (κ3) is 4.97. The highest BCUT2D eigenvalue weighted by Crippen LogP contribution is 2.32. The van der Waals surface area contributed by atoms with Crippen molar-refractivity contribution in [1.29, 1.82) is 0 Å². The average molecular weight is 516 g/mol. The summed E-state index contributed by atoms with van der Waals surface area (Å²) in [7, 11) is 0. The molecule has 0 aliphatic carbocycles. The molecule has 2 aromatic heterocycles. The Labute approximate surface area is 219 Å². The normalized spacial score (nSPS) is 15.6. The van der Waals surface area contributed by atoms with Crippen molar-refractivity contribution < 1.29 is 14.3 Å². The first-order chi connectivity index (χ1) is 18.2. The molecular weight excluding hydrogens is 486 g/mol. The molecule has 190 valence electrons. The molecule has 2 aliphatic rings. The zero-order valence-electron chi connectivity index (χ0n) is 20.8. The van der Waals surface area contributed by atoms with Gasteiger partial charge in [-0.3, -0.25) is 9.69 Å². The number of benzene rings is 2. The van der Waals surface area contributed by atoms with Gasteiger partial charge in [0.1, 0.15) is 5.01 Å². The van der Waals surface area contributed by atoms with Gasteiger partial charge >= 0.3 is 0 Å². The smallest absolute Gasteiger partial charge is 0.273 e. The summed E-state index contributed by atoms with van der Waals surface area (Å²) in [6.07, 6.45) is 7.37. The number of rotatable bonds is 7. The first kappa shape index (κ1) is 23.7. The molecule has 37 heavy (non-hydrogen) atoms. The summed E-state index contributed by atoms with van der Waals surface area (Å²) in [5, 5.41) is 8.20. The number of hydrazone groups is 1. The summed E-state index contributed by atoms with van der Waals surface area (Å²) in [4.78, 5) is 20.5. The molecule has 1 N–H and O–H groups in total. The maximum absolute atomic E-state index is 13.1. The van der Waals surface area contributed by atoms with E-state index in [1.807, 2.05) is 24.4 Å². The highest BCUT2D eigenvalue weighted by molar-refractivity contribution is 7.13. The zero-order chi connectivity index (χ0) is 25.2. The molecule has 4 heterocycles. The summed E-state index contributed by atoms with van der Waals surface area (Å²) in [5.41, 5.74) is 7.23. The molecule has 0 unspecified atom stereocenters. The van der Waals surface area contributed by atoms with Gasteiger partial charge in [-0.1, -0.05) is 6.42 Å². The second-order valence-electron chi connectivity index (χ2n) is 9.35. The van der Waals surface area contributed by atoms with Gasteiger partial charge in [-0.2, -0.15) is 5.10 Å². The third-order valence-electron chi connectivity index (χ3n) is 6.88. The summed E-state index contributed by atoms with van der Waals surface area (Å²) in [6.45, 7) is 6.26. The van der Waals surface area contributed by atoms with Crippen molar-refractivity contribution in [2.75, 3.05) is 19.9 Å². The second-order valence-corrected chi connectivity index (χ2v) is 10.2. The van der Waals surface area contributed by atoms with Gasteiger partial charge in [0.15, 0.2) is 11.5 Å². The van der Waals surface area contributed by atoms with E-state index in [-0.39, 0.29) is 12.7 Å². The summed E-state index contributed by atoms with van der Waals surface area (Å²) in [6, 6.07) is 11.8. The van der Waals surface area contributed by atoms with Crippen LogP contribution in [0.25, 0.3) is 21.5 Å². The fraction of sp³-hybridized carbons (Fsp3) is 0.321. The van der Waals surface area contributed by atoms with E-state index in [0.29, 0.717) is 17.1 Å². The zero-order valence-corrected chi connectivity index (χ0v) is 21.6. The minimum Gasteiger partial charge on any atom is -0.454 e. The van der Waals surface area contributed by atoms with Crippen LogP contribution >= 0.6 is 11.3 Å². The minimum atomic E-state index is -0.253. The van der Waals surface area contributed by atoms with Crippen LogP contribution in [0.15, 0.2) is 53.1 Å². The molecule has 4 aromatic rings. The van der Waals surface area contributed by atoms with Crippen LogP contribution in [-0.4, -0.2) is 46.5 Å². The Morgan fingerprint density at radius 1 is 1.14 bits per heavy atom. The maximum Gasteiger partial charge on any atom is 0.273 e. The number of amides is 1. The molecule has 9 heteroatoms. The Morgan fingerprint density at radius 2 is 2.00 bits per heavy atom. The number of likely N-dealkylation sites (tertiary alicyclic amines) is 1. The van der Waals surface area contributed by atoms with Crippen LogP contribution in [0.2, 0.25) is 0 Å². The van der Waals surface area contributed by atoms with Crippen molar-refractivity contribution in [3.8, 4) is 22.1 Å². The maximum atomic E-state index is 13.1. The Morgan fingerprint density at radius 3 is 2.86 bits per heavy atom. The molecule has 0 saturated carbocycles. The fourth-order valence-corrected chi connectivity index (χ4v) is 5.76. The molecule has 1 fully saturated rings. The molecule has 0 atom stereocenters. The van der Waals surface area contributed by atoms with Crippen molar-refractivity contribution in [3.63, 3.8) is 0 Å². The number of fused-ring (bicyclic) bond motifs is 2. The van der Waals surface area contributed by atoms with E-state index in [2.05, 4.69) is 50.5 Å². The van der Waals surface area contributed by atoms with Crippen LogP contribution in [0.1, 0.15) is 47.8 Å². The molecule has 8 nitrogen and oxygen atoms in total. The number of aromatic nitrogens is 2. The Hall–Kier alpha value is -3.69. The highest BCUT2D eigenvalue weighted by atomic mass is 32.1. The number of hydrogen-bond acceptors (Lipinski definition) is 7. The van der Waals surface area contributed by atoms with Gasteiger partial charge in [-0.05, 0) is 74.8 Å². The number of nitrogens with zero attached hydrogens (tertiary/aromatic N) is 4. The number of piperidine rings is 1. The van der Waals surface area contributed by atoms with Crippen LogP contribution in [0.5, 0.6) is 11.5 Å². The lowest BCUT2D eigenvalue weighted by Gasteiger charge is -2.25. The van der Waals surface area contributed by atoms with E-state index in [0.717, 1.165) is 58.9 Å². The first-order valence-electron chi connectivity index (χ1n) is 12.7. The molecule has 2 aliphatic heterocycles. The highest BCUT2D eigenvalue weighted by Gasteiger charge is 2.18. The molecule has 1 amide bonds. The van der Waals surface area contributed by atoms with Gasteiger partial charge < -0.3 is 14.0 Å². The Kier molecular flexibility index (Phi) is 6.63. The molecule has 0 radical (unpaired) electrons. The fourth-order valence-electron chi connectivity index (χ4n) is 4.95. The van der Waals surface area contributed by atoms with Crippen LogP contribution < -0.4 is 14.9 Å². The number of carbonyl (C=O) groups excluding carboxylic acids is 1. The van der Waals surface area contributed by atoms with E-state index in [4.69, 9.17) is 14.5 Å². The Balaban J connectivity index is 1.22. The minimum absolute atomic E-state index is 0.219. The van der Waals surface area contributed by atoms with Gasteiger partial charge in [0.2, 0.25) is 6.79 Å². The van der Waals surface area contributed by atoms with Gasteiger partial charge in [-0.25, -0.2) is 10.4 Å². The standard InChI is InChI=1S/C28H29N5O3S/c1-2-33-16-23(27(34)31-29-14-19-6-9-25-26(12-19)36-18-35-25)22-13-20(7-8-24(22)33)28-30-21(17-37-28)15-32-10-4-3-5-11-32/h6-9,12-14,16-17H,2-5,10-11,15,18H2,1H3,(H,31,34)/b29-14+. The third-order valence-corrected chi connectivity index (χ3v) is 7.82. The number of nitrogens with one attached hydrogen (secondary N) is 1. The SMILES string of the molecule is CCn1cc(C(=O)N/N=C/c2ccc3c(c2)OCO3)c2cc(-c3nc(CN4CCCCC4)cs3)ccc21. The quantitative estimate of drug-likeness (QED) is 0.268. The lowest BCUT2D eigenvalue weighted by Crippen LogP contribution is -2.29. The summed E-state index contributed by atoms with van der Waals surface area (Å²) >= 11 is 1.66. The van der Waals surface area contributed by atoms with E-state index < -0.39 is 0 Å². The van der Waals surface area contributed by atoms with Crippen LogP contribution in [0.4, 0.5) is 0 Å². The van der Waals surface area contributed by atoms with Crippen molar-refractivity contribution >= 4 is 34.4 Å². The van der Waals surface area contributed by atoms with Gasteiger partial charge in [-0.15, -0.1) is 11.3 Å². The number of carbonyl (C=O) groups is 1. The van der Waals surface area contributed by atoms with E-state index in [1.165, 1.54) is 19.3 Å². The van der Waals surface area contributed by atoms with E-state index >= 15 is 0 Å². The second kappa shape index (κ2) is 10.4. The molecule has 6 rings (SSSR count). The molecular formula is C28H29N5O3S. The summed E-state index contributed by atoms with van der Waals surface area (Å²) in [5.74, 6) is 1.13. The van der Waals surface area contributed by atoms with Crippen molar-refractivity contribution in [3.05, 3.63) is 64.8 Å². The monoisotopic (exact) mass is 515 g/mol. The largest absolute Gasteiger partial charge is 0.454 e. The number of hydrogen-bond donors (Lipinski definition) is 1. The lowest BCUT2D eigenvalue weighted by molar-refractivity contribution is 0.0956. The van der Waals surface area contributed by atoms with Gasteiger partial charge in [0, 0.05) is 41.1 Å². The predicted molar refractivity (Wildman–Crippen MR) is 145 cm³/mol. The number of aryl methyl sites for hydroxylation is 1. The predicted octanol–water partition coefficient (Wildman–Crippen LogP) is 5.26. The van der Waals surface area contributed by atoms with Gasteiger partial charge in [0.25, 0.3) is 5.91 Å². The van der Waals surface area contributed by atoms with Crippen LogP contribution in [0, 0.1) is 0 Å². The van der Waals surface area contributed by atoms with E-state index in [9.17, 15) is 4.79 Å². The van der Waals surface area contributed by atoms with Crippen LogP contribution in [-0.2, 0) is 13.1 Å².